The van der Waals surface area contributed by atoms with Crippen LogP contribution in [0.15, 0.2) is 22.7 Å². The van der Waals surface area contributed by atoms with Crippen LogP contribution in [0, 0.1) is 10.1 Å². The molecule has 2 heterocycles. The zero-order chi connectivity index (χ0) is 13.8. The van der Waals surface area contributed by atoms with Gasteiger partial charge < -0.3 is 20.3 Å². The SMILES string of the molecule is NCCCc1ccc(Cn2cc(Cl)c([N+](=O)[O-])n2)o1. The summed E-state index contributed by atoms with van der Waals surface area (Å²) in [5.74, 6) is 1.16. The van der Waals surface area contributed by atoms with Crippen LogP contribution in [0.1, 0.15) is 17.9 Å². The molecule has 0 fully saturated rings. The predicted octanol–water partition coefficient (Wildman–Crippen LogP) is 1.98. The van der Waals surface area contributed by atoms with Crippen molar-refractivity contribution in [1.29, 1.82) is 0 Å². The summed E-state index contributed by atoms with van der Waals surface area (Å²) in [7, 11) is 0. The van der Waals surface area contributed by atoms with Gasteiger partial charge in [-0.2, -0.15) is 4.68 Å². The van der Waals surface area contributed by atoms with E-state index >= 15 is 0 Å². The molecule has 0 saturated heterocycles. The third-order valence-electron chi connectivity index (χ3n) is 2.53. The normalized spacial score (nSPS) is 10.8. The van der Waals surface area contributed by atoms with Gasteiger partial charge in [0, 0.05) is 6.42 Å². The second-order valence-corrected chi connectivity index (χ2v) is 4.42. The number of hydrogen-bond donors (Lipinski definition) is 1. The number of halogens is 1. The van der Waals surface area contributed by atoms with Gasteiger partial charge in [-0.3, -0.25) is 0 Å². The molecule has 2 N–H and O–H groups in total. The third-order valence-corrected chi connectivity index (χ3v) is 2.80. The van der Waals surface area contributed by atoms with Crippen LogP contribution in [0.3, 0.4) is 0 Å². The Labute approximate surface area is 114 Å². The van der Waals surface area contributed by atoms with Gasteiger partial charge in [0.25, 0.3) is 0 Å². The van der Waals surface area contributed by atoms with Gasteiger partial charge in [-0.05, 0) is 30.0 Å². The van der Waals surface area contributed by atoms with Crippen molar-refractivity contribution in [2.24, 2.45) is 5.73 Å². The van der Waals surface area contributed by atoms with E-state index in [2.05, 4.69) is 5.10 Å². The average Bonchev–Trinajstić information content (AvgIpc) is 2.94. The molecule has 0 radical (unpaired) electrons. The van der Waals surface area contributed by atoms with E-state index in [9.17, 15) is 10.1 Å². The molecule has 2 aromatic rings. The Bertz CT molecular complexity index is 578. The summed E-state index contributed by atoms with van der Waals surface area (Å²) in [6.07, 6.45) is 3.03. The highest BCUT2D eigenvalue weighted by atomic mass is 35.5. The first-order valence-corrected chi connectivity index (χ1v) is 6.13. The van der Waals surface area contributed by atoms with E-state index in [1.54, 1.807) is 0 Å². The summed E-state index contributed by atoms with van der Waals surface area (Å²) in [6, 6.07) is 3.68. The molecule has 102 valence electrons. The van der Waals surface area contributed by atoms with Crippen LogP contribution in [0.25, 0.3) is 0 Å². The maximum Gasteiger partial charge on any atom is 0.408 e. The molecule has 0 bridgehead atoms. The van der Waals surface area contributed by atoms with Crippen molar-refractivity contribution in [1.82, 2.24) is 9.78 Å². The van der Waals surface area contributed by atoms with Gasteiger partial charge in [0.1, 0.15) is 18.1 Å². The van der Waals surface area contributed by atoms with Crippen molar-refractivity contribution in [2.75, 3.05) is 6.54 Å². The van der Waals surface area contributed by atoms with Gasteiger partial charge in [-0.25, -0.2) is 0 Å². The number of aromatic nitrogens is 2. The molecular formula is C11H13ClN4O3. The quantitative estimate of drug-likeness (QED) is 0.645. The number of hydrogen-bond acceptors (Lipinski definition) is 5. The Kier molecular flexibility index (Phi) is 4.18. The Morgan fingerprint density at radius 2 is 2.21 bits per heavy atom. The molecule has 0 aliphatic rings. The zero-order valence-corrected chi connectivity index (χ0v) is 10.8. The van der Waals surface area contributed by atoms with Gasteiger partial charge in [0.2, 0.25) is 0 Å². The molecular weight excluding hydrogens is 272 g/mol. The fraction of sp³-hybridized carbons (Fsp3) is 0.364. The molecule has 0 aliphatic heterocycles. The van der Waals surface area contributed by atoms with Gasteiger partial charge in [-0.15, -0.1) is 0 Å². The van der Waals surface area contributed by atoms with Crippen LogP contribution < -0.4 is 5.73 Å². The van der Waals surface area contributed by atoms with Crippen LogP contribution in [-0.4, -0.2) is 21.2 Å². The van der Waals surface area contributed by atoms with Crippen molar-refractivity contribution in [3.8, 4) is 0 Å². The Hall–Kier alpha value is -1.86. The maximum atomic E-state index is 10.6. The zero-order valence-electron chi connectivity index (χ0n) is 10.1. The highest BCUT2D eigenvalue weighted by molar-refractivity contribution is 6.32. The minimum atomic E-state index is -0.617. The smallest absolute Gasteiger partial charge is 0.408 e. The fourth-order valence-corrected chi connectivity index (χ4v) is 1.89. The molecule has 0 unspecified atom stereocenters. The molecule has 2 rings (SSSR count). The number of nitrogens with zero attached hydrogens (tertiary/aromatic N) is 3. The van der Waals surface area contributed by atoms with E-state index in [0.717, 1.165) is 18.6 Å². The van der Waals surface area contributed by atoms with E-state index in [1.165, 1.54) is 10.9 Å². The van der Waals surface area contributed by atoms with Crippen molar-refractivity contribution in [2.45, 2.75) is 19.4 Å². The molecule has 2 aromatic heterocycles. The first-order chi connectivity index (χ1) is 9.10. The Morgan fingerprint density at radius 3 is 2.84 bits per heavy atom. The molecule has 0 aromatic carbocycles. The Morgan fingerprint density at radius 1 is 1.47 bits per heavy atom. The molecule has 0 saturated carbocycles. The van der Waals surface area contributed by atoms with Gasteiger partial charge in [0.05, 0.1) is 11.3 Å². The molecule has 0 spiro atoms. The van der Waals surface area contributed by atoms with Gasteiger partial charge in [0.15, 0.2) is 5.02 Å². The predicted molar refractivity (Wildman–Crippen MR) is 69.1 cm³/mol. The van der Waals surface area contributed by atoms with E-state index in [4.69, 9.17) is 21.8 Å². The lowest BCUT2D eigenvalue weighted by Gasteiger charge is -1.95. The maximum absolute atomic E-state index is 10.6. The van der Waals surface area contributed by atoms with Gasteiger partial charge >= 0.3 is 5.82 Å². The first-order valence-electron chi connectivity index (χ1n) is 5.75. The summed E-state index contributed by atoms with van der Waals surface area (Å²) < 4.78 is 6.95. The molecule has 0 atom stereocenters. The standard InChI is InChI=1S/C11H13ClN4O3/c12-10-7-15(14-11(10)16(17)18)6-9-4-3-8(19-9)2-1-5-13/h3-4,7H,1-2,5-6,13H2. The lowest BCUT2D eigenvalue weighted by Crippen LogP contribution is -2.01. The average molecular weight is 285 g/mol. The van der Waals surface area contributed by atoms with Crippen LogP contribution in [-0.2, 0) is 13.0 Å². The summed E-state index contributed by atoms with van der Waals surface area (Å²) in [6.45, 7) is 0.910. The number of aryl methyl sites for hydroxylation is 1. The van der Waals surface area contributed by atoms with Crippen LogP contribution >= 0.6 is 11.6 Å². The number of nitrogens with two attached hydrogens (primary N) is 1. The second kappa shape index (κ2) is 5.85. The molecule has 0 amide bonds. The fourth-order valence-electron chi connectivity index (χ4n) is 1.67. The summed E-state index contributed by atoms with van der Waals surface area (Å²) in [5, 5.41) is 14.4. The lowest BCUT2D eigenvalue weighted by atomic mass is 10.2. The van der Waals surface area contributed by atoms with Gasteiger partial charge in [-0.1, -0.05) is 11.6 Å². The van der Waals surface area contributed by atoms with E-state index in [0.29, 0.717) is 18.8 Å². The largest absolute Gasteiger partial charge is 0.464 e. The van der Waals surface area contributed by atoms with Crippen LogP contribution in [0.4, 0.5) is 5.82 Å². The number of nitro groups is 1. The molecule has 19 heavy (non-hydrogen) atoms. The number of rotatable bonds is 6. The topological polar surface area (TPSA) is 100 Å². The van der Waals surface area contributed by atoms with Crippen LogP contribution in [0.5, 0.6) is 0 Å². The highest BCUT2D eigenvalue weighted by Crippen LogP contribution is 2.22. The molecule has 8 heteroatoms. The minimum Gasteiger partial charge on any atom is -0.464 e. The summed E-state index contributed by atoms with van der Waals surface area (Å²) >= 11 is 5.71. The third kappa shape index (κ3) is 3.33. The highest BCUT2D eigenvalue weighted by Gasteiger charge is 2.19. The van der Waals surface area contributed by atoms with Crippen molar-refractivity contribution in [3.05, 3.63) is 45.0 Å². The molecule has 0 aliphatic carbocycles. The van der Waals surface area contributed by atoms with Crippen LogP contribution in [0.2, 0.25) is 5.02 Å². The summed E-state index contributed by atoms with van der Waals surface area (Å²) in [5.41, 5.74) is 5.42. The van der Waals surface area contributed by atoms with Crippen molar-refractivity contribution in [3.63, 3.8) is 0 Å². The summed E-state index contributed by atoms with van der Waals surface area (Å²) in [4.78, 5) is 10.0. The van der Waals surface area contributed by atoms with Crippen molar-refractivity contribution < 1.29 is 9.34 Å². The monoisotopic (exact) mass is 284 g/mol. The minimum absolute atomic E-state index is 0.0138. The van der Waals surface area contributed by atoms with Crippen molar-refractivity contribution >= 4 is 17.4 Å². The van der Waals surface area contributed by atoms with E-state index < -0.39 is 4.92 Å². The Balaban J connectivity index is 2.06. The van der Waals surface area contributed by atoms with E-state index in [-0.39, 0.29) is 10.8 Å². The lowest BCUT2D eigenvalue weighted by molar-refractivity contribution is -0.389. The first kappa shape index (κ1) is 13.6. The number of furan rings is 1. The van der Waals surface area contributed by atoms with E-state index in [1.807, 2.05) is 12.1 Å². The molecule has 7 nitrogen and oxygen atoms in total. The second-order valence-electron chi connectivity index (χ2n) is 4.02.